The molecule has 2 heterocycles. The van der Waals surface area contributed by atoms with Crippen molar-refractivity contribution in [3.05, 3.63) is 60.0 Å². The largest absolute Gasteiger partial charge is 0.330 e. The maximum Gasteiger partial charge on any atom is 0.125 e. The Kier molecular flexibility index (Phi) is 3.39. The van der Waals surface area contributed by atoms with Gasteiger partial charge >= 0.3 is 0 Å². The van der Waals surface area contributed by atoms with Crippen molar-refractivity contribution in [1.82, 2.24) is 9.97 Å². The van der Waals surface area contributed by atoms with Gasteiger partial charge in [-0.3, -0.25) is 4.98 Å². The second-order valence-electron chi connectivity index (χ2n) is 4.59. The van der Waals surface area contributed by atoms with Gasteiger partial charge in [0.25, 0.3) is 0 Å². The van der Waals surface area contributed by atoms with E-state index in [9.17, 15) is 4.39 Å². The van der Waals surface area contributed by atoms with E-state index < -0.39 is 0 Å². The van der Waals surface area contributed by atoms with Crippen molar-refractivity contribution in [1.29, 1.82) is 0 Å². The van der Waals surface area contributed by atoms with E-state index in [1.54, 1.807) is 12.3 Å². The van der Waals surface area contributed by atoms with E-state index >= 15 is 0 Å². The summed E-state index contributed by atoms with van der Waals surface area (Å²) in [5.41, 5.74) is 8.88. The summed E-state index contributed by atoms with van der Waals surface area (Å²) in [7, 11) is 0. The van der Waals surface area contributed by atoms with Crippen LogP contribution in [0, 0.1) is 5.82 Å². The molecule has 0 fully saturated rings. The molecule has 0 spiro atoms. The molecule has 0 aliphatic rings. The van der Waals surface area contributed by atoms with E-state index in [1.165, 1.54) is 12.1 Å². The first kappa shape index (κ1) is 12.7. The Labute approximate surface area is 116 Å². The molecule has 2 N–H and O–H groups in total. The second kappa shape index (κ2) is 5.35. The van der Waals surface area contributed by atoms with Gasteiger partial charge in [-0.15, -0.1) is 0 Å². The number of aromatic nitrogens is 2. The van der Waals surface area contributed by atoms with Gasteiger partial charge in [0.2, 0.25) is 0 Å². The van der Waals surface area contributed by atoms with E-state index in [2.05, 4.69) is 9.97 Å². The van der Waals surface area contributed by atoms with E-state index in [1.807, 2.05) is 24.3 Å². The summed E-state index contributed by atoms with van der Waals surface area (Å²) in [5, 5.41) is 0.912. The van der Waals surface area contributed by atoms with Crippen molar-refractivity contribution < 1.29 is 4.39 Å². The Morgan fingerprint density at radius 1 is 1.10 bits per heavy atom. The molecule has 0 bridgehead atoms. The zero-order valence-electron chi connectivity index (χ0n) is 10.9. The molecule has 3 nitrogen and oxygen atoms in total. The summed E-state index contributed by atoms with van der Waals surface area (Å²) in [6, 6.07) is 12.3. The fourth-order valence-corrected chi connectivity index (χ4v) is 2.25. The first-order chi connectivity index (χ1) is 9.78. The lowest BCUT2D eigenvalue weighted by atomic mass is 10.0. The Bertz CT molecular complexity index is 741. The molecular weight excluding hydrogens is 253 g/mol. The van der Waals surface area contributed by atoms with Crippen LogP contribution in [-0.4, -0.2) is 16.5 Å². The second-order valence-corrected chi connectivity index (χ2v) is 4.59. The molecule has 0 saturated heterocycles. The monoisotopic (exact) mass is 267 g/mol. The zero-order valence-corrected chi connectivity index (χ0v) is 10.9. The first-order valence-corrected chi connectivity index (χ1v) is 6.48. The van der Waals surface area contributed by atoms with Gasteiger partial charge in [-0.05, 0) is 48.9 Å². The smallest absolute Gasteiger partial charge is 0.125 e. The Morgan fingerprint density at radius 3 is 2.75 bits per heavy atom. The van der Waals surface area contributed by atoms with Crippen LogP contribution < -0.4 is 5.73 Å². The molecule has 1 aromatic carbocycles. The SMILES string of the molecule is NCCc1cc2ccc(F)cc2nc1-c1ccccn1. The average molecular weight is 267 g/mol. The summed E-state index contributed by atoms with van der Waals surface area (Å²) in [6.45, 7) is 0.536. The number of hydrogen-bond donors (Lipinski definition) is 1. The minimum atomic E-state index is -0.288. The normalized spacial score (nSPS) is 10.9. The Morgan fingerprint density at radius 2 is 2.00 bits per heavy atom. The highest BCUT2D eigenvalue weighted by molar-refractivity contribution is 5.82. The zero-order chi connectivity index (χ0) is 13.9. The van der Waals surface area contributed by atoms with Crippen LogP contribution in [0.4, 0.5) is 4.39 Å². The van der Waals surface area contributed by atoms with E-state index in [0.717, 1.165) is 22.3 Å². The lowest BCUT2D eigenvalue weighted by Gasteiger charge is -2.09. The molecule has 20 heavy (non-hydrogen) atoms. The molecule has 0 aliphatic heterocycles. The van der Waals surface area contributed by atoms with Crippen LogP contribution in [-0.2, 0) is 6.42 Å². The molecule has 0 saturated carbocycles. The van der Waals surface area contributed by atoms with Crippen LogP contribution in [0.3, 0.4) is 0 Å². The van der Waals surface area contributed by atoms with Crippen LogP contribution in [0.2, 0.25) is 0 Å². The van der Waals surface area contributed by atoms with Crippen molar-refractivity contribution in [2.75, 3.05) is 6.54 Å². The predicted octanol–water partition coefficient (Wildman–Crippen LogP) is 2.94. The standard InChI is InChI=1S/C16H14FN3/c17-13-5-4-11-9-12(6-7-18)16(20-15(11)10-13)14-3-1-2-8-19-14/h1-5,8-10H,6-7,18H2. The van der Waals surface area contributed by atoms with Crippen molar-refractivity contribution >= 4 is 10.9 Å². The van der Waals surface area contributed by atoms with Gasteiger partial charge in [0.05, 0.1) is 16.9 Å². The molecule has 3 aromatic rings. The lowest BCUT2D eigenvalue weighted by molar-refractivity contribution is 0.629. The van der Waals surface area contributed by atoms with Gasteiger partial charge in [-0.25, -0.2) is 9.37 Å². The summed E-state index contributed by atoms with van der Waals surface area (Å²) >= 11 is 0. The minimum absolute atomic E-state index is 0.288. The molecule has 0 radical (unpaired) electrons. The molecule has 100 valence electrons. The van der Waals surface area contributed by atoms with E-state index in [-0.39, 0.29) is 5.82 Å². The third-order valence-corrected chi connectivity index (χ3v) is 3.18. The number of hydrogen-bond acceptors (Lipinski definition) is 3. The van der Waals surface area contributed by atoms with Crippen LogP contribution in [0.15, 0.2) is 48.7 Å². The topological polar surface area (TPSA) is 51.8 Å². The Balaban J connectivity index is 2.24. The third kappa shape index (κ3) is 2.38. The number of halogens is 1. The predicted molar refractivity (Wildman–Crippen MR) is 77.7 cm³/mol. The number of rotatable bonds is 3. The van der Waals surface area contributed by atoms with Gasteiger partial charge in [0, 0.05) is 17.6 Å². The van der Waals surface area contributed by atoms with Gasteiger partial charge in [-0.1, -0.05) is 6.07 Å². The summed E-state index contributed by atoms with van der Waals surface area (Å²) < 4.78 is 13.3. The number of nitrogens with two attached hydrogens (primary N) is 1. The van der Waals surface area contributed by atoms with Crippen molar-refractivity contribution in [3.63, 3.8) is 0 Å². The van der Waals surface area contributed by atoms with Gasteiger partial charge in [0.15, 0.2) is 0 Å². The number of nitrogens with zero attached hydrogens (tertiary/aromatic N) is 2. The fraction of sp³-hybridized carbons (Fsp3) is 0.125. The van der Waals surface area contributed by atoms with Crippen LogP contribution in [0.5, 0.6) is 0 Å². The van der Waals surface area contributed by atoms with Crippen LogP contribution >= 0.6 is 0 Å². The van der Waals surface area contributed by atoms with E-state index in [4.69, 9.17) is 5.73 Å². The molecule has 3 rings (SSSR count). The molecule has 0 unspecified atom stereocenters. The highest BCUT2D eigenvalue weighted by atomic mass is 19.1. The summed E-state index contributed by atoms with van der Waals surface area (Å²) in [6.07, 6.45) is 2.44. The molecule has 0 aliphatic carbocycles. The average Bonchev–Trinajstić information content (AvgIpc) is 2.48. The maximum atomic E-state index is 13.3. The molecule has 0 amide bonds. The van der Waals surface area contributed by atoms with Crippen molar-refractivity contribution in [2.45, 2.75) is 6.42 Å². The van der Waals surface area contributed by atoms with Crippen LogP contribution in [0.1, 0.15) is 5.56 Å². The quantitative estimate of drug-likeness (QED) is 0.793. The minimum Gasteiger partial charge on any atom is -0.330 e. The van der Waals surface area contributed by atoms with Crippen LogP contribution in [0.25, 0.3) is 22.3 Å². The number of fused-ring (bicyclic) bond motifs is 1. The molecule has 0 atom stereocenters. The maximum absolute atomic E-state index is 13.3. The highest BCUT2D eigenvalue weighted by Gasteiger charge is 2.10. The van der Waals surface area contributed by atoms with E-state index in [0.29, 0.717) is 18.5 Å². The molecule has 2 aromatic heterocycles. The fourth-order valence-electron chi connectivity index (χ4n) is 2.25. The van der Waals surface area contributed by atoms with Gasteiger partial charge < -0.3 is 5.73 Å². The van der Waals surface area contributed by atoms with Crippen molar-refractivity contribution in [3.8, 4) is 11.4 Å². The third-order valence-electron chi connectivity index (χ3n) is 3.18. The van der Waals surface area contributed by atoms with Gasteiger partial charge in [0.1, 0.15) is 5.82 Å². The lowest BCUT2D eigenvalue weighted by Crippen LogP contribution is -2.05. The summed E-state index contributed by atoms with van der Waals surface area (Å²) in [4.78, 5) is 8.89. The number of benzene rings is 1. The first-order valence-electron chi connectivity index (χ1n) is 6.48. The van der Waals surface area contributed by atoms with Gasteiger partial charge in [-0.2, -0.15) is 0 Å². The Hall–Kier alpha value is -2.33. The summed E-state index contributed by atoms with van der Waals surface area (Å²) in [5.74, 6) is -0.288. The molecule has 4 heteroatoms. The highest BCUT2D eigenvalue weighted by Crippen LogP contribution is 2.25. The van der Waals surface area contributed by atoms with Crippen molar-refractivity contribution in [2.24, 2.45) is 5.73 Å². The molecular formula is C16H14FN3. The number of pyridine rings is 2.